The smallest absolute Gasteiger partial charge is 0.342 e. The lowest BCUT2D eigenvalue weighted by atomic mass is 9.43. The number of carbonyl (C=O) groups is 1. The maximum Gasteiger partial charge on any atom is 0.342 e. The Labute approximate surface area is 183 Å². The Morgan fingerprint density at radius 1 is 1.03 bits per heavy atom. The molecule has 7 atom stereocenters. The predicted molar refractivity (Wildman–Crippen MR) is 114 cm³/mol. The van der Waals surface area contributed by atoms with Crippen LogP contribution < -0.4 is 4.74 Å². The highest BCUT2D eigenvalue weighted by Gasteiger charge is 2.65. The number of aliphatic hydroxyl groups excluding tert-OH is 2. The van der Waals surface area contributed by atoms with E-state index in [2.05, 4.69) is 20.8 Å². The maximum atomic E-state index is 12.5. The molecule has 2 fully saturated rings. The highest BCUT2D eigenvalue weighted by Crippen LogP contribution is 2.65. The summed E-state index contributed by atoms with van der Waals surface area (Å²) in [5.41, 5.74) is 0.801. The molecule has 2 aliphatic carbocycles. The van der Waals surface area contributed by atoms with Crippen molar-refractivity contribution in [1.29, 1.82) is 0 Å². The van der Waals surface area contributed by atoms with E-state index in [0.717, 1.165) is 24.0 Å². The zero-order chi connectivity index (χ0) is 22.5. The number of phenolic OH excluding ortho intramolecular Hbond substituents is 1. The molecular formula is C25H34O6. The van der Waals surface area contributed by atoms with Gasteiger partial charge in [-0.25, -0.2) is 4.79 Å². The largest absolute Gasteiger partial charge is 0.507 e. The van der Waals surface area contributed by atoms with Gasteiger partial charge in [-0.1, -0.05) is 20.8 Å². The number of benzene rings is 1. The number of esters is 1. The van der Waals surface area contributed by atoms with Gasteiger partial charge in [-0.15, -0.1) is 0 Å². The Hall–Kier alpha value is -1.79. The van der Waals surface area contributed by atoms with Crippen LogP contribution in [0.5, 0.6) is 11.5 Å². The molecule has 0 aromatic heterocycles. The first-order valence-corrected chi connectivity index (χ1v) is 11.5. The fraction of sp³-hybridized carbons (Fsp3) is 0.720. The van der Waals surface area contributed by atoms with Gasteiger partial charge in [0.05, 0.1) is 12.2 Å². The van der Waals surface area contributed by atoms with Crippen LogP contribution in [0.1, 0.15) is 75.4 Å². The number of ether oxygens (including phenoxy) is 2. The molecule has 6 heteroatoms. The summed E-state index contributed by atoms with van der Waals surface area (Å²) < 4.78 is 11.9. The van der Waals surface area contributed by atoms with Crippen LogP contribution in [0.3, 0.4) is 0 Å². The van der Waals surface area contributed by atoms with Gasteiger partial charge in [0.15, 0.2) is 0 Å². The molecule has 0 unspecified atom stereocenters. The third-order valence-electron chi connectivity index (χ3n) is 9.35. The van der Waals surface area contributed by atoms with Crippen molar-refractivity contribution in [3.8, 4) is 11.5 Å². The second-order valence-corrected chi connectivity index (χ2v) is 11.4. The van der Waals surface area contributed by atoms with Gasteiger partial charge in [0.25, 0.3) is 0 Å². The number of carbonyl (C=O) groups excluding carboxylic acids is 1. The lowest BCUT2D eigenvalue weighted by Crippen LogP contribution is -2.68. The van der Waals surface area contributed by atoms with Gasteiger partial charge in [-0.05, 0) is 67.4 Å². The lowest BCUT2D eigenvalue weighted by Gasteiger charge is -2.65. The second kappa shape index (κ2) is 6.38. The number of rotatable bonds is 0. The predicted octanol–water partition coefficient (Wildman–Crippen LogP) is 3.37. The molecule has 0 bridgehead atoms. The van der Waals surface area contributed by atoms with Crippen molar-refractivity contribution in [2.45, 2.75) is 90.6 Å². The molecule has 1 aromatic carbocycles. The monoisotopic (exact) mass is 430 g/mol. The summed E-state index contributed by atoms with van der Waals surface area (Å²) in [6.45, 7) is 10.4. The third kappa shape index (κ3) is 2.67. The second-order valence-electron chi connectivity index (χ2n) is 11.4. The number of cyclic esters (lactones) is 1. The van der Waals surface area contributed by atoms with E-state index >= 15 is 0 Å². The van der Waals surface area contributed by atoms with Gasteiger partial charge in [0, 0.05) is 18.4 Å². The van der Waals surface area contributed by atoms with Gasteiger partial charge in [-0.3, -0.25) is 0 Å². The zero-order valence-electron chi connectivity index (χ0n) is 19.1. The van der Waals surface area contributed by atoms with E-state index in [-0.39, 0.29) is 46.2 Å². The molecule has 5 rings (SSSR count). The van der Waals surface area contributed by atoms with Crippen molar-refractivity contribution in [1.82, 2.24) is 0 Å². The van der Waals surface area contributed by atoms with E-state index in [0.29, 0.717) is 25.0 Å². The molecule has 4 aliphatic rings. The Balaban J connectivity index is 1.66. The summed E-state index contributed by atoms with van der Waals surface area (Å²) in [7, 11) is 0. The number of fused-ring (bicyclic) bond motifs is 6. The van der Waals surface area contributed by atoms with Crippen molar-refractivity contribution in [2.24, 2.45) is 22.7 Å². The quantitative estimate of drug-likeness (QED) is 0.546. The maximum absolute atomic E-state index is 12.5. The molecule has 170 valence electrons. The molecule has 2 heterocycles. The van der Waals surface area contributed by atoms with Crippen molar-refractivity contribution >= 4 is 5.97 Å². The van der Waals surface area contributed by atoms with Crippen LogP contribution in [0.4, 0.5) is 0 Å². The molecule has 3 N–H and O–H groups in total. The summed E-state index contributed by atoms with van der Waals surface area (Å²) >= 11 is 0. The SMILES string of the molecule is C[C@@H]1Cc2c3c(cc(O)c2C(=O)O1)O[C@@]1(C)[C@@H](O)C[C@H]2C(C)(C)[C@@H](O)CC[C@]2(C)[C@@H]1C3. The number of aliphatic hydroxyl groups is 2. The van der Waals surface area contributed by atoms with E-state index in [1.54, 1.807) is 0 Å². The Kier molecular flexibility index (Phi) is 4.34. The van der Waals surface area contributed by atoms with Crippen LogP contribution in [0.15, 0.2) is 6.07 Å². The fourth-order valence-corrected chi connectivity index (χ4v) is 7.50. The standard InChI is InChI=1S/C25H34O6/c1-12-8-14-13-9-18-24(4)7-6-19(27)23(2,3)17(24)11-20(28)25(18,5)31-16(13)10-15(26)21(14)22(29)30-12/h10,12,17-20,26-28H,6-9,11H2,1-5H3/t12-,17+,18+,19+,20+,24+,25-/m1/s1. The van der Waals surface area contributed by atoms with Crippen LogP contribution in [0.25, 0.3) is 0 Å². The van der Waals surface area contributed by atoms with E-state index in [1.807, 2.05) is 13.8 Å². The number of hydrogen-bond acceptors (Lipinski definition) is 6. The number of hydrogen-bond donors (Lipinski definition) is 3. The van der Waals surface area contributed by atoms with Gasteiger partial charge in [-0.2, -0.15) is 0 Å². The molecular weight excluding hydrogens is 396 g/mol. The average molecular weight is 431 g/mol. The molecule has 2 saturated carbocycles. The number of aromatic hydroxyl groups is 1. The van der Waals surface area contributed by atoms with Crippen molar-refractivity contribution in [3.63, 3.8) is 0 Å². The molecule has 0 amide bonds. The van der Waals surface area contributed by atoms with Crippen molar-refractivity contribution < 1.29 is 29.6 Å². The summed E-state index contributed by atoms with van der Waals surface area (Å²) in [6, 6.07) is 1.52. The van der Waals surface area contributed by atoms with Crippen molar-refractivity contribution in [3.05, 3.63) is 22.8 Å². The van der Waals surface area contributed by atoms with Crippen LogP contribution in [0.2, 0.25) is 0 Å². The molecule has 2 aliphatic heterocycles. The van der Waals surface area contributed by atoms with Crippen LogP contribution in [-0.4, -0.2) is 45.2 Å². The van der Waals surface area contributed by atoms with Gasteiger partial charge >= 0.3 is 5.97 Å². The third-order valence-corrected chi connectivity index (χ3v) is 9.35. The topological polar surface area (TPSA) is 96.2 Å². The minimum atomic E-state index is -0.794. The van der Waals surface area contributed by atoms with Gasteiger partial charge in [0.1, 0.15) is 28.8 Å². The van der Waals surface area contributed by atoms with E-state index < -0.39 is 17.7 Å². The average Bonchev–Trinajstić information content (AvgIpc) is 2.66. The highest BCUT2D eigenvalue weighted by molar-refractivity contribution is 5.96. The fourth-order valence-electron chi connectivity index (χ4n) is 7.50. The molecule has 1 aromatic rings. The van der Waals surface area contributed by atoms with Gasteiger partial charge < -0.3 is 24.8 Å². The first-order chi connectivity index (χ1) is 14.4. The summed E-state index contributed by atoms with van der Waals surface area (Å²) in [5, 5.41) is 32.6. The normalized spacial score (nSPS) is 42.9. The van der Waals surface area contributed by atoms with E-state index in [1.165, 1.54) is 6.07 Å². The first-order valence-electron chi connectivity index (χ1n) is 11.5. The van der Waals surface area contributed by atoms with Crippen LogP contribution in [0, 0.1) is 22.7 Å². The molecule has 0 saturated heterocycles. The summed E-state index contributed by atoms with van der Waals surface area (Å²) in [4.78, 5) is 12.5. The minimum Gasteiger partial charge on any atom is -0.507 e. The lowest BCUT2D eigenvalue weighted by molar-refractivity contribution is -0.231. The van der Waals surface area contributed by atoms with E-state index in [9.17, 15) is 20.1 Å². The van der Waals surface area contributed by atoms with Crippen LogP contribution >= 0.6 is 0 Å². The molecule has 0 radical (unpaired) electrons. The first kappa shape index (κ1) is 21.1. The Bertz CT molecular complexity index is 954. The minimum absolute atomic E-state index is 0.0231. The van der Waals surface area contributed by atoms with Crippen LogP contribution in [-0.2, 0) is 17.6 Å². The van der Waals surface area contributed by atoms with Gasteiger partial charge in [0.2, 0.25) is 0 Å². The molecule has 31 heavy (non-hydrogen) atoms. The highest BCUT2D eigenvalue weighted by atomic mass is 16.5. The summed E-state index contributed by atoms with van der Waals surface area (Å²) in [5.74, 6) is 0.128. The molecule has 0 spiro atoms. The Morgan fingerprint density at radius 3 is 2.45 bits per heavy atom. The number of phenols is 1. The summed E-state index contributed by atoms with van der Waals surface area (Å²) in [6.07, 6.45) is 2.04. The Morgan fingerprint density at radius 2 is 1.74 bits per heavy atom. The molecule has 6 nitrogen and oxygen atoms in total. The zero-order valence-corrected chi connectivity index (χ0v) is 19.1. The van der Waals surface area contributed by atoms with E-state index in [4.69, 9.17) is 9.47 Å². The van der Waals surface area contributed by atoms with Crippen molar-refractivity contribution in [2.75, 3.05) is 0 Å².